The number of hydrogen-bond donors (Lipinski definition) is 5. The number of nitrogens with one attached hydrogen (secondary N) is 4. The maximum Gasteiger partial charge on any atom is 0.224 e. The number of aromatic nitrogens is 4. The summed E-state index contributed by atoms with van der Waals surface area (Å²) in [5, 5.41) is 18.6. The maximum atomic E-state index is 9.59. The standard InChI is InChI=1S/C23H22N6O/c30-18-2-3-19-17(14-27-21(19)12-18)6-9-25-22-7-10-26-23(29-22)28-13-15-1-4-20-16(11-15)5-8-24-20/h1-5,7-8,10-12,14,24,27,30H,6,9,13H2,(H2,25,26,28,29). The van der Waals surface area contributed by atoms with Crippen LogP contribution in [0.1, 0.15) is 11.1 Å². The van der Waals surface area contributed by atoms with Crippen LogP contribution in [0.3, 0.4) is 0 Å². The van der Waals surface area contributed by atoms with E-state index in [9.17, 15) is 5.11 Å². The van der Waals surface area contributed by atoms with Gasteiger partial charge in [0.15, 0.2) is 0 Å². The van der Waals surface area contributed by atoms with Crippen LogP contribution in [0.4, 0.5) is 11.8 Å². The number of fused-ring (bicyclic) bond motifs is 2. The Morgan fingerprint density at radius 1 is 0.933 bits per heavy atom. The summed E-state index contributed by atoms with van der Waals surface area (Å²) in [6.07, 6.45) is 6.52. The van der Waals surface area contributed by atoms with E-state index in [4.69, 9.17) is 0 Å². The lowest BCUT2D eigenvalue weighted by atomic mass is 10.1. The number of hydrogen-bond acceptors (Lipinski definition) is 5. The van der Waals surface area contributed by atoms with E-state index in [1.165, 1.54) is 16.5 Å². The highest BCUT2D eigenvalue weighted by Gasteiger charge is 2.05. The molecule has 7 heteroatoms. The van der Waals surface area contributed by atoms with Crippen LogP contribution in [0.5, 0.6) is 5.75 Å². The summed E-state index contributed by atoms with van der Waals surface area (Å²) in [5.41, 5.74) is 4.45. The molecule has 0 amide bonds. The smallest absolute Gasteiger partial charge is 0.224 e. The molecule has 0 unspecified atom stereocenters. The number of anilines is 2. The quantitative estimate of drug-likeness (QED) is 0.279. The van der Waals surface area contributed by atoms with Crippen LogP contribution in [0.2, 0.25) is 0 Å². The highest BCUT2D eigenvalue weighted by molar-refractivity contribution is 5.84. The first-order chi connectivity index (χ1) is 14.7. The van der Waals surface area contributed by atoms with Crippen LogP contribution in [0.25, 0.3) is 21.8 Å². The molecule has 5 aromatic rings. The van der Waals surface area contributed by atoms with E-state index in [-0.39, 0.29) is 5.75 Å². The van der Waals surface area contributed by atoms with Gasteiger partial charge in [-0.1, -0.05) is 6.07 Å². The van der Waals surface area contributed by atoms with Gasteiger partial charge in [-0.15, -0.1) is 0 Å². The fourth-order valence-electron chi connectivity index (χ4n) is 3.64. The van der Waals surface area contributed by atoms with Gasteiger partial charge in [0.2, 0.25) is 5.95 Å². The molecule has 0 saturated heterocycles. The molecule has 0 aliphatic carbocycles. The Morgan fingerprint density at radius 3 is 2.87 bits per heavy atom. The molecule has 5 N–H and O–H groups in total. The fraction of sp³-hybridized carbons (Fsp3) is 0.130. The summed E-state index contributed by atoms with van der Waals surface area (Å²) in [7, 11) is 0. The van der Waals surface area contributed by atoms with Crippen molar-refractivity contribution in [1.29, 1.82) is 0 Å². The summed E-state index contributed by atoms with van der Waals surface area (Å²) in [4.78, 5) is 15.3. The van der Waals surface area contributed by atoms with E-state index in [0.717, 1.165) is 35.2 Å². The van der Waals surface area contributed by atoms with Gasteiger partial charge in [-0.2, -0.15) is 4.98 Å². The normalized spacial score (nSPS) is 11.2. The van der Waals surface area contributed by atoms with E-state index in [1.54, 1.807) is 18.3 Å². The largest absolute Gasteiger partial charge is 0.508 e. The van der Waals surface area contributed by atoms with Gasteiger partial charge >= 0.3 is 0 Å². The highest BCUT2D eigenvalue weighted by atomic mass is 16.3. The molecule has 0 saturated carbocycles. The molecule has 0 bridgehead atoms. The van der Waals surface area contributed by atoms with Gasteiger partial charge in [-0.25, -0.2) is 4.98 Å². The van der Waals surface area contributed by atoms with E-state index in [0.29, 0.717) is 12.5 Å². The molecule has 5 rings (SSSR count). The third-order valence-electron chi connectivity index (χ3n) is 5.18. The Balaban J connectivity index is 1.19. The molecule has 0 atom stereocenters. The van der Waals surface area contributed by atoms with Crippen LogP contribution in [-0.2, 0) is 13.0 Å². The van der Waals surface area contributed by atoms with Gasteiger partial charge in [0.25, 0.3) is 0 Å². The SMILES string of the molecule is Oc1ccc2c(CCNc3ccnc(NCc4ccc5[nH]ccc5c4)n3)c[nH]c2c1. The molecule has 3 heterocycles. The van der Waals surface area contributed by atoms with Crippen LogP contribution in [0, 0.1) is 0 Å². The molecule has 3 aromatic heterocycles. The molecule has 7 nitrogen and oxygen atoms in total. The van der Waals surface area contributed by atoms with E-state index in [2.05, 4.69) is 54.8 Å². The zero-order chi connectivity index (χ0) is 20.3. The molecule has 0 spiro atoms. The van der Waals surface area contributed by atoms with Crippen molar-refractivity contribution in [1.82, 2.24) is 19.9 Å². The maximum absolute atomic E-state index is 9.59. The van der Waals surface area contributed by atoms with Crippen molar-refractivity contribution in [2.24, 2.45) is 0 Å². The average molecular weight is 398 g/mol. The second-order valence-corrected chi connectivity index (χ2v) is 7.24. The minimum atomic E-state index is 0.267. The third kappa shape index (κ3) is 3.77. The van der Waals surface area contributed by atoms with Crippen LogP contribution >= 0.6 is 0 Å². The number of H-pyrrole nitrogens is 2. The Bertz CT molecular complexity index is 1310. The second kappa shape index (κ2) is 7.79. The number of aromatic hydroxyl groups is 1. The van der Waals surface area contributed by atoms with Crippen LogP contribution in [-0.4, -0.2) is 31.6 Å². The molecule has 30 heavy (non-hydrogen) atoms. The lowest BCUT2D eigenvalue weighted by molar-refractivity contribution is 0.476. The first-order valence-corrected chi connectivity index (χ1v) is 9.90. The van der Waals surface area contributed by atoms with Crippen molar-refractivity contribution in [3.8, 4) is 5.75 Å². The lowest BCUT2D eigenvalue weighted by Crippen LogP contribution is -2.09. The molecule has 0 aliphatic heterocycles. The summed E-state index contributed by atoms with van der Waals surface area (Å²) >= 11 is 0. The van der Waals surface area contributed by atoms with Crippen molar-refractivity contribution < 1.29 is 5.11 Å². The number of aromatic amines is 2. The van der Waals surface area contributed by atoms with Gasteiger partial charge in [0.05, 0.1) is 0 Å². The number of benzene rings is 2. The van der Waals surface area contributed by atoms with Crippen molar-refractivity contribution in [2.45, 2.75) is 13.0 Å². The Labute approximate surface area is 173 Å². The number of phenols is 1. The van der Waals surface area contributed by atoms with E-state index in [1.807, 2.05) is 24.5 Å². The van der Waals surface area contributed by atoms with Gasteiger partial charge in [-0.3, -0.25) is 0 Å². The van der Waals surface area contributed by atoms with Gasteiger partial charge in [0.1, 0.15) is 11.6 Å². The fourth-order valence-corrected chi connectivity index (χ4v) is 3.64. The molecule has 0 aliphatic rings. The van der Waals surface area contributed by atoms with Crippen molar-refractivity contribution in [3.63, 3.8) is 0 Å². The van der Waals surface area contributed by atoms with Crippen molar-refractivity contribution in [3.05, 3.63) is 78.2 Å². The Hall–Kier alpha value is -4.00. The molecule has 0 radical (unpaired) electrons. The minimum absolute atomic E-state index is 0.267. The monoisotopic (exact) mass is 398 g/mol. The van der Waals surface area contributed by atoms with Gasteiger partial charge in [-0.05, 0) is 59.3 Å². The number of nitrogens with zero attached hydrogens (tertiary/aromatic N) is 2. The number of rotatable bonds is 7. The molecule has 0 fully saturated rings. The second-order valence-electron chi connectivity index (χ2n) is 7.24. The Kier molecular flexibility index (Phi) is 4.69. The zero-order valence-corrected chi connectivity index (χ0v) is 16.3. The molecule has 150 valence electrons. The summed E-state index contributed by atoms with van der Waals surface area (Å²) in [5.74, 6) is 1.64. The first-order valence-electron chi connectivity index (χ1n) is 9.90. The van der Waals surface area contributed by atoms with E-state index < -0.39 is 0 Å². The average Bonchev–Trinajstić information content (AvgIpc) is 3.39. The van der Waals surface area contributed by atoms with E-state index >= 15 is 0 Å². The van der Waals surface area contributed by atoms with Crippen molar-refractivity contribution in [2.75, 3.05) is 17.2 Å². The number of phenolic OH excluding ortho intramolecular Hbond substituents is 1. The predicted octanol–water partition coefficient (Wildman–Crippen LogP) is 4.41. The molecular weight excluding hydrogens is 376 g/mol. The first kappa shape index (κ1) is 18.1. The summed E-state index contributed by atoms with van der Waals surface area (Å²) in [6.45, 7) is 1.40. The summed E-state index contributed by atoms with van der Waals surface area (Å²) < 4.78 is 0. The predicted molar refractivity (Wildman–Crippen MR) is 120 cm³/mol. The molecular formula is C23H22N6O. The third-order valence-corrected chi connectivity index (χ3v) is 5.18. The topological polar surface area (TPSA) is 102 Å². The highest BCUT2D eigenvalue weighted by Crippen LogP contribution is 2.23. The summed E-state index contributed by atoms with van der Waals surface area (Å²) in [6, 6.07) is 15.6. The molecule has 2 aromatic carbocycles. The Morgan fingerprint density at radius 2 is 1.90 bits per heavy atom. The zero-order valence-electron chi connectivity index (χ0n) is 16.3. The van der Waals surface area contributed by atoms with Crippen LogP contribution in [0.15, 0.2) is 67.1 Å². The lowest BCUT2D eigenvalue weighted by Gasteiger charge is -2.09. The van der Waals surface area contributed by atoms with Crippen molar-refractivity contribution >= 4 is 33.6 Å². The van der Waals surface area contributed by atoms with Crippen LogP contribution < -0.4 is 10.6 Å². The minimum Gasteiger partial charge on any atom is -0.508 e. The van der Waals surface area contributed by atoms with Gasteiger partial charge < -0.3 is 25.7 Å². The van der Waals surface area contributed by atoms with Gasteiger partial charge in [0, 0.05) is 54.2 Å².